The quantitative estimate of drug-likeness (QED) is 0.587. The van der Waals surface area contributed by atoms with Gasteiger partial charge in [0.1, 0.15) is 0 Å². The molecule has 30 heavy (non-hydrogen) atoms. The van der Waals surface area contributed by atoms with E-state index >= 15 is 0 Å². The molecule has 0 spiro atoms. The van der Waals surface area contributed by atoms with Crippen LogP contribution in [0.3, 0.4) is 0 Å². The van der Waals surface area contributed by atoms with Crippen LogP contribution >= 0.6 is 12.2 Å². The highest BCUT2D eigenvalue weighted by atomic mass is 32.1. The molecule has 2 atom stereocenters. The summed E-state index contributed by atoms with van der Waals surface area (Å²) < 4.78 is 7.64. The first kappa shape index (κ1) is 20.5. The number of aryl methyl sites for hydroxylation is 1. The molecule has 3 aromatic rings. The van der Waals surface area contributed by atoms with Crippen molar-refractivity contribution in [2.45, 2.75) is 39.0 Å². The number of aromatic nitrogens is 3. The standard InChI is InChI=1S/C23H27N5OS/c1-16-14-19(17(2)27(16)12-13-29-3)22-21(20-6-4-5-9-25-20)26-23(30)28(22)15-18-7-10-24-11-8-18/h4-11,14,21-22H,12-13,15H2,1-3H3,(H,26,30). The third-order valence-electron chi connectivity index (χ3n) is 5.75. The van der Waals surface area contributed by atoms with Gasteiger partial charge in [-0.15, -0.1) is 0 Å². The lowest BCUT2D eigenvalue weighted by atomic mass is 9.96. The van der Waals surface area contributed by atoms with Crippen LogP contribution in [0, 0.1) is 13.8 Å². The van der Waals surface area contributed by atoms with Gasteiger partial charge in [-0.2, -0.15) is 0 Å². The molecule has 1 aliphatic rings. The SMILES string of the molecule is COCCn1c(C)cc(C2C(c3ccccn3)NC(=S)N2Cc2ccncc2)c1C. The lowest BCUT2D eigenvalue weighted by Gasteiger charge is -2.28. The summed E-state index contributed by atoms with van der Waals surface area (Å²) in [7, 11) is 1.74. The van der Waals surface area contributed by atoms with E-state index in [9.17, 15) is 0 Å². The van der Waals surface area contributed by atoms with Crippen molar-refractivity contribution in [1.29, 1.82) is 0 Å². The van der Waals surface area contributed by atoms with Crippen molar-refractivity contribution in [3.05, 3.63) is 83.2 Å². The van der Waals surface area contributed by atoms with Gasteiger partial charge in [0.05, 0.1) is 24.4 Å². The van der Waals surface area contributed by atoms with Gasteiger partial charge in [0.25, 0.3) is 0 Å². The predicted molar refractivity (Wildman–Crippen MR) is 121 cm³/mol. The Morgan fingerprint density at radius 1 is 1.13 bits per heavy atom. The van der Waals surface area contributed by atoms with E-state index in [-0.39, 0.29) is 12.1 Å². The zero-order valence-electron chi connectivity index (χ0n) is 17.6. The van der Waals surface area contributed by atoms with Gasteiger partial charge in [-0.25, -0.2) is 0 Å². The number of thiocarbonyl (C=S) groups is 1. The smallest absolute Gasteiger partial charge is 0.170 e. The van der Waals surface area contributed by atoms with Gasteiger partial charge in [0.2, 0.25) is 0 Å². The number of methoxy groups -OCH3 is 1. The van der Waals surface area contributed by atoms with E-state index in [1.165, 1.54) is 22.5 Å². The molecule has 0 aromatic carbocycles. The second-order valence-corrected chi connectivity index (χ2v) is 7.97. The molecule has 4 heterocycles. The van der Waals surface area contributed by atoms with Crippen molar-refractivity contribution in [3.63, 3.8) is 0 Å². The van der Waals surface area contributed by atoms with Crippen molar-refractivity contribution in [2.75, 3.05) is 13.7 Å². The highest BCUT2D eigenvalue weighted by Gasteiger charge is 2.41. The zero-order valence-corrected chi connectivity index (χ0v) is 18.4. The summed E-state index contributed by atoms with van der Waals surface area (Å²) in [6, 6.07) is 12.4. The van der Waals surface area contributed by atoms with E-state index in [0.29, 0.717) is 13.2 Å². The number of ether oxygens (including phenoxy) is 1. The summed E-state index contributed by atoms with van der Waals surface area (Å²) in [6.45, 7) is 6.55. The third-order valence-corrected chi connectivity index (χ3v) is 6.10. The minimum Gasteiger partial charge on any atom is -0.383 e. The fourth-order valence-corrected chi connectivity index (χ4v) is 4.56. The topological polar surface area (TPSA) is 55.2 Å². The normalized spacial score (nSPS) is 18.6. The van der Waals surface area contributed by atoms with E-state index in [1.807, 2.05) is 42.9 Å². The van der Waals surface area contributed by atoms with Gasteiger partial charge >= 0.3 is 0 Å². The van der Waals surface area contributed by atoms with Crippen LogP contribution in [0.4, 0.5) is 0 Å². The summed E-state index contributed by atoms with van der Waals surface area (Å²) in [6.07, 6.45) is 5.48. The average Bonchev–Trinajstić information content (AvgIpc) is 3.23. The molecule has 4 rings (SSSR count). The summed E-state index contributed by atoms with van der Waals surface area (Å²) in [5.74, 6) is 0. The molecule has 1 saturated heterocycles. The van der Waals surface area contributed by atoms with Crippen LogP contribution in [-0.2, 0) is 17.8 Å². The number of rotatable bonds is 7. The van der Waals surface area contributed by atoms with Crippen LogP contribution in [0.25, 0.3) is 0 Å². The van der Waals surface area contributed by atoms with Crippen LogP contribution in [0.1, 0.15) is 40.3 Å². The van der Waals surface area contributed by atoms with E-state index in [0.717, 1.165) is 17.4 Å². The van der Waals surface area contributed by atoms with Crippen molar-refractivity contribution < 1.29 is 4.74 Å². The van der Waals surface area contributed by atoms with Crippen molar-refractivity contribution >= 4 is 17.3 Å². The van der Waals surface area contributed by atoms with Gasteiger partial charge in [-0.1, -0.05) is 6.07 Å². The molecule has 0 aliphatic carbocycles. The molecule has 0 bridgehead atoms. The highest BCUT2D eigenvalue weighted by Crippen LogP contribution is 2.41. The van der Waals surface area contributed by atoms with Crippen LogP contribution in [0.2, 0.25) is 0 Å². The summed E-state index contributed by atoms with van der Waals surface area (Å²) >= 11 is 5.79. The Morgan fingerprint density at radius 3 is 2.63 bits per heavy atom. The van der Waals surface area contributed by atoms with Crippen LogP contribution < -0.4 is 5.32 Å². The third kappa shape index (κ3) is 3.95. The molecule has 1 aliphatic heterocycles. The Bertz CT molecular complexity index is 1010. The molecule has 0 radical (unpaired) electrons. The Labute approximate surface area is 182 Å². The Hall–Kier alpha value is -2.77. The maximum Gasteiger partial charge on any atom is 0.170 e. The molecule has 2 unspecified atom stereocenters. The van der Waals surface area contributed by atoms with E-state index in [4.69, 9.17) is 17.0 Å². The Kier molecular flexibility index (Phi) is 6.11. The minimum absolute atomic E-state index is 0.0167. The first-order valence-corrected chi connectivity index (χ1v) is 10.5. The number of nitrogens with one attached hydrogen (secondary N) is 1. The first-order valence-electron chi connectivity index (χ1n) is 10.1. The molecule has 0 saturated carbocycles. The zero-order chi connectivity index (χ0) is 21.1. The van der Waals surface area contributed by atoms with Gasteiger partial charge in [-0.05, 0) is 67.5 Å². The largest absolute Gasteiger partial charge is 0.383 e. The van der Waals surface area contributed by atoms with E-state index < -0.39 is 0 Å². The van der Waals surface area contributed by atoms with Crippen molar-refractivity contribution in [1.82, 2.24) is 24.8 Å². The fraction of sp³-hybridized carbons (Fsp3) is 0.348. The maximum absolute atomic E-state index is 5.79. The summed E-state index contributed by atoms with van der Waals surface area (Å²) in [5, 5.41) is 4.28. The minimum atomic E-state index is -0.0167. The van der Waals surface area contributed by atoms with E-state index in [2.05, 4.69) is 50.7 Å². The second kappa shape index (κ2) is 8.93. The molecular formula is C23H27N5OS. The molecule has 1 N–H and O–H groups in total. The molecular weight excluding hydrogens is 394 g/mol. The number of nitrogens with zero attached hydrogens (tertiary/aromatic N) is 4. The average molecular weight is 422 g/mol. The van der Waals surface area contributed by atoms with Gasteiger partial charge in [0, 0.05) is 50.2 Å². The van der Waals surface area contributed by atoms with Crippen LogP contribution in [0.15, 0.2) is 55.0 Å². The number of hydrogen-bond acceptors (Lipinski definition) is 4. The van der Waals surface area contributed by atoms with E-state index in [1.54, 1.807) is 7.11 Å². The Balaban J connectivity index is 1.76. The number of pyridine rings is 2. The fourth-order valence-electron chi connectivity index (χ4n) is 4.25. The van der Waals surface area contributed by atoms with Gasteiger partial charge in [0.15, 0.2) is 5.11 Å². The molecule has 156 valence electrons. The second-order valence-electron chi connectivity index (χ2n) is 7.58. The summed E-state index contributed by atoms with van der Waals surface area (Å²) in [5.41, 5.74) is 5.89. The lowest BCUT2D eigenvalue weighted by Crippen LogP contribution is -2.29. The van der Waals surface area contributed by atoms with Gasteiger partial charge in [-0.3, -0.25) is 9.97 Å². The van der Waals surface area contributed by atoms with Crippen molar-refractivity contribution in [3.8, 4) is 0 Å². The molecule has 6 nitrogen and oxygen atoms in total. The Morgan fingerprint density at radius 2 is 1.93 bits per heavy atom. The van der Waals surface area contributed by atoms with Gasteiger partial charge < -0.3 is 19.5 Å². The predicted octanol–water partition coefficient (Wildman–Crippen LogP) is 3.71. The molecule has 1 fully saturated rings. The molecule has 7 heteroatoms. The van der Waals surface area contributed by atoms with Crippen molar-refractivity contribution in [2.24, 2.45) is 0 Å². The van der Waals surface area contributed by atoms with Crippen LogP contribution in [0.5, 0.6) is 0 Å². The lowest BCUT2D eigenvalue weighted by molar-refractivity contribution is 0.186. The maximum atomic E-state index is 5.79. The number of hydrogen-bond donors (Lipinski definition) is 1. The molecule has 3 aromatic heterocycles. The van der Waals surface area contributed by atoms with Crippen LogP contribution in [-0.4, -0.2) is 38.3 Å². The monoisotopic (exact) mass is 421 g/mol. The summed E-state index contributed by atoms with van der Waals surface area (Å²) in [4.78, 5) is 11.0. The first-order chi connectivity index (χ1) is 14.6. The highest BCUT2D eigenvalue weighted by molar-refractivity contribution is 7.80. The molecule has 0 amide bonds.